The molecular formula is C12H21NO3. The van der Waals surface area contributed by atoms with Gasteiger partial charge in [-0.2, -0.15) is 0 Å². The van der Waals surface area contributed by atoms with Crippen LogP contribution in [-0.4, -0.2) is 47.8 Å². The summed E-state index contributed by atoms with van der Waals surface area (Å²) in [5.74, 6) is 0.496. The molecule has 0 aromatic heterocycles. The largest absolute Gasteiger partial charge is 0.394 e. The summed E-state index contributed by atoms with van der Waals surface area (Å²) in [6.07, 6.45) is 4.27. The van der Waals surface area contributed by atoms with E-state index in [0.717, 1.165) is 12.8 Å². The van der Waals surface area contributed by atoms with E-state index in [-0.39, 0.29) is 30.6 Å². The highest BCUT2D eigenvalue weighted by molar-refractivity contribution is 5.79. The number of amides is 1. The lowest BCUT2D eigenvalue weighted by atomic mass is 10.1. The summed E-state index contributed by atoms with van der Waals surface area (Å²) >= 11 is 0. The maximum absolute atomic E-state index is 12.2. The highest BCUT2D eigenvalue weighted by Gasteiger charge is 2.32. The smallest absolute Gasteiger partial charge is 0.225 e. The number of aliphatic hydroxyl groups is 1. The normalized spacial score (nSPS) is 32.0. The second kappa shape index (κ2) is 5.15. The predicted molar refractivity (Wildman–Crippen MR) is 60.0 cm³/mol. The van der Waals surface area contributed by atoms with Crippen molar-refractivity contribution >= 4 is 5.91 Å². The maximum Gasteiger partial charge on any atom is 0.225 e. The van der Waals surface area contributed by atoms with Gasteiger partial charge in [-0.05, 0) is 19.8 Å². The first-order valence-corrected chi connectivity index (χ1v) is 6.26. The molecule has 4 nitrogen and oxygen atoms in total. The quantitative estimate of drug-likeness (QED) is 0.758. The van der Waals surface area contributed by atoms with Gasteiger partial charge in [0.25, 0.3) is 0 Å². The van der Waals surface area contributed by atoms with Crippen LogP contribution in [0.3, 0.4) is 0 Å². The predicted octanol–water partition coefficient (Wildman–Crippen LogP) is 0.785. The van der Waals surface area contributed by atoms with E-state index in [1.165, 1.54) is 12.8 Å². The Morgan fingerprint density at radius 2 is 2.06 bits per heavy atom. The Labute approximate surface area is 96.6 Å². The van der Waals surface area contributed by atoms with Gasteiger partial charge in [0.2, 0.25) is 5.91 Å². The van der Waals surface area contributed by atoms with E-state index >= 15 is 0 Å². The van der Waals surface area contributed by atoms with E-state index in [4.69, 9.17) is 9.84 Å². The maximum atomic E-state index is 12.2. The standard InChI is InChI=1S/C12H21NO3/c1-9-6-13(7-11(8-14)16-9)12(15)10-4-2-3-5-10/h9-11,14H,2-8H2,1H3. The second-order valence-electron chi connectivity index (χ2n) is 4.98. The van der Waals surface area contributed by atoms with Crippen molar-refractivity contribution in [1.82, 2.24) is 4.90 Å². The van der Waals surface area contributed by atoms with Gasteiger partial charge in [0.1, 0.15) is 0 Å². The molecule has 1 aliphatic carbocycles. The molecule has 0 bridgehead atoms. The van der Waals surface area contributed by atoms with Crippen molar-refractivity contribution in [3.05, 3.63) is 0 Å². The number of hydrogen-bond donors (Lipinski definition) is 1. The van der Waals surface area contributed by atoms with Gasteiger partial charge >= 0.3 is 0 Å². The van der Waals surface area contributed by atoms with Crippen molar-refractivity contribution in [1.29, 1.82) is 0 Å². The average Bonchev–Trinajstić information content (AvgIpc) is 2.80. The van der Waals surface area contributed by atoms with Crippen molar-refractivity contribution in [2.24, 2.45) is 5.92 Å². The zero-order valence-corrected chi connectivity index (χ0v) is 9.89. The zero-order chi connectivity index (χ0) is 11.5. The molecule has 1 amide bonds. The van der Waals surface area contributed by atoms with Crippen LogP contribution in [0.25, 0.3) is 0 Å². The highest BCUT2D eigenvalue weighted by atomic mass is 16.5. The Hall–Kier alpha value is -0.610. The number of hydrogen-bond acceptors (Lipinski definition) is 3. The average molecular weight is 227 g/mol. The van der Waals surface area contributed by atoms with Crippen LogP contribution in [0.2, 0.25) is 0 Å². The van der Waals surface area contributed by atoms with Gasteiger partial charge in [0.15, 0.2) is 0 Å². The van der Waals surface area contributed by atoms with E-state index in [9.17, 15) is 4.79 Å². The molecule has 0 aromatic carbocycles. The number of nitrogens with zero attached hydrogens (tertiary/aromatic N) is 1. The van der Waals surface area contributed by atoms with E-state index < -0.39 is 0 Å². The Morgan fingerprint density at radius 1 is 1.38 bits per heavy atom. The molecule has 4 heteroatoms. The minimum absolute atomic E-state index is 0.00120. The van der Waals surface area contributed by atoms with Crippen LogP contribution in [0, 0.1) is 5.92 Å². The first kappa shape index (κ1) is 11.9. The van der Waals surface area contributed by atoms with Crippen LogP contribution in [0.5, 0.6) is 0 Å². The molecule has 1 N–H and O–H groups in total. The fourth-order valence-electron chi connectivity index (χ4n) is 2.76. The lowest BCUT2D eigenvalue weighted by Gasteiger charge is -2.37. The fourth-order valence-corrected chi connectivity index (χ4v) is 2.76. The van der Waals surface area contributed by atoms with Crippen molar-refractivity contribution in [2.45, 2.75) is 44.8 Å². The Kier molecular flexibility index (Phi) is 3.82. The van der Waals surface area contributed by atoms with E-state index in [2.05, 4.69) is 0 Å². The summed E-state index contributed by atoms with van der Waals surface area (Å²) in [6, 6.07) is 0. The summed E-state index contributed by atoms with van der Waals surface area (Å²) in [7, 11) is 0. The summed E-state index contributed by atoms with van der Waals surface area (Å²) < 4.78 is 5.53. The molecule has 2 fully saturated rings. The molecule has 2 unspecified atom stereocenters. The van der Waals surface area contributed by atoms with Crippen molar-refractivity contribution < 1.29 is 14.6 Å². The van der Waals surface area contributed by atoms with Gasteiger partial charge in [0, 0.05) is 19.0 Å². The second-order valence-corrected chi connectivity index (χ2v) is 4.98. The van der Waals surface area contributed by atoms with Crippen LogP contribution in [0.4, 0.5) is 0 Å². The lowest BCUT2D eigenvalue weighted by Crippen LogP contribution is -2.51. The number of rotatable bonds is 2. The van der Waals surface area contributed by atoms with E-state index in [1.807, 2.05) is 11.8 Å². The summed E-state index contributed by atoms with van der Waals surface area (Å²) in [4.78, 5) is 14.1. The third-order valence-corrected chi connectivity index (χ3v) is 3.55. The molecule has 0 spiro atoms. The Bertz CT molecular complexity index is 251. The van der Waals surface area contributed by atoms with Crippen LogP contribution < -0.4 is 0 Å². The monoisotopic (exact) mass is 227 g/mol. The van der Waals surface area contributed by atoms with E-state index in [1.54, 1.807) is 0 Å². The summed E-state index contributed by atoms with van der Waals surface area (Å²) in [5, 5.41) is 9.11. The zero-order valence-electron chi connectivity index (χ0n) is 9.89. The van der Waals surface area contributed by atoms with Crippen LogP contribution in [0.15, 0.2) is 0 Å². The van der Waals surface area contributed by atoms with Crippen LogP contribution >= 0.6 is 0 Å². The van der Waals surface area contributed by atoms with E-state index in [0.29, 0.717) is 13.1 Å². The lowest BCUT2D eigenvalue weighted by molar-refractivity contribution is -0.151. The number of carbonyl (C=O) groups is 1. The van der Waals surface area contributed by atoms with Gasteiger partial charge in [-0.25, -0.2) is 0 Å². The molecule has 1 saturated carbocycles. The van der Waals surface area contributed by atoms with Gasteiger partial charge < -0.3 is 14.7 Å². The summed E-state index contributed by atoms with van der Waals surface area (Å²) in [6.45, 7) is 3.18. The number of morpholine rings is 1. The molecule has 0 aromatic rings. The molecule has 0 radical (unpaired) electrons. The van der Waals surface area contributed by atoms with Crippen LogP contribution in [0.1, 0.15) is 32.6 Å². The first-order chi connectivity index (χ1) is 7.70. The molecular weight excluding hydrogens is 206 g/mol. The number of carbonyl (C=O) groups excluding carboxylic acids is 1. The van der Waals surface area contributed by atoms with Crippen molar-refractivity contribution in [2.75, 3.05) is 19.7 Å². The third kappa shape index (κ3) is 2.55. The number of ether oxygens (including phenoxy) is 1. The Balaban J connectivity index is 1.94. The minimum atomic E-state index is -0.200. The van der Waals surface area contributed by atoms with Crippen LogP contribution in [-0.2, 0) is 9.53 Å². The van der Waals surface area contributed by atoms with Crippen molar-refractivity contribution in [3.8, 4) is 0 Å². The van der Waals surface area contributed by atoms with Crippen molar-refractivity contribution in [3.63, 3.8) is 0 Å². The molecule has 1 saturated heterocycles. The molecule has 1 aliphatic heterocycles. The van der Waals surface area contributed by atoms with Gasteiger partial charge in [-0.15, -0.1) is 0 Å². The third-order valence-electron chi connectivity index (χ3n) is 3.55. The molecule has 2 aliphatic rings. The molecule has 16 heavy (non-hydrogen) atoms. The van der Waals surface area contributed by atoms with Gasteiger partial charge in [0.05, 0.1) is 18.8 Å². The van der Waals surface area contributed by atoms with Gasteiger partial charge in [-0.1, -0.05) is 12.8 Å². The fraction of sp³-hybridized carbons (Fsp3) is 0.917. The molecule has 92 valence electrons. The molecule has 2 atom stereocenters. The molecule has 2 rings (SSSR count). The number of aliphatic hydroxyl groups excluding tert-OH is 1. The Morgan fingerprint density at radius 3 is 2.69 bits per heavy atom. The first-order valence-electron chi connectivity index (χ1n) is 6.26. The SMILES string of the molecule is CC1CN(C(=O)C2CCCC2)CC(CO)O1. The topological polar surface area (TPSA) is 49.8 Å². The minimum Gasteiger partial charge on any atom is -0.394 e. The molecule has 1 heterocycles. The highest BCUT2D eigenvalue weighted by Crippen LogP contribution is 2.27. The summed E-state index contributed by atoms with van der Waals surface area (Å²) in [5.41, 5.74) is 0. The van der Waals surface area contributed by atoms with Gasteiger partial charge in [-0.3, -0.25) is 4.79 Å².